The van der Waals surface area contributed by atoms with Crippen molar-refractivity contribution in [2.75, 3.05) is 6.61 Å². The van der Waals surface area contributed by atoms with Crippen LogP contribution >= 0.6 is 0 Å². The Hall–Kier alpha value is -2.82. The molecule has 0 radical (unpaired) electrons. The molecule has 0 atom stereocenters. The van der Waals surface area contributed by atoms with Gasteiger partial charge in [0.1, 0.15) is 11.6 Å². The zero-order chi connectivity index (χ0) is 20.8. The average molecular weight is 406 g/mol. The molecule has 1 aliphatic rings. The van der Waals surface area contributed by atoms with Gasteiger partial charge in [-0.2, -0.15) is 0 Å². The number of nitrogens with one attached hydrogen (secondary N) is 1. The number of aromatic nitrogens is 2. The SMILES string of the molecule is Cc1ccc(OCCCn2c(CNC(=O)C3CCCCC3)nc3ccccc32)cc1. The molecule has 30 heavy (non-hydrogen) atoms. The van der Waals surface area contributed by atoms with Gasteiger partial charge in [-0.1, -0.05) is 49.1 Å². The number of hydrogen-bond donors (Lipinski definition) is 1. The normalized spacial score (nSPS) is 14.7. The van der Waals surface area contributed by atoms with E-state index >= 15 is 0 Å². The molecule has 5 heteroatoms. The summed E-state index contributed by atoms with van der Waals surface area (Å²) in [6.07, 6.45) is 6.48. The van der Waals surface area contributed by atoms with Gasteiger partial charge in [0.2, 0.25) is 5.91 Å². The Morgan fingerprint density at radius 1 is 1.10 bits per heavy atom. The third-order valence-electron chi connectivity index (χ3n) is 5.95. The fourth-order valence-electron chi connectivity index (χ4n) is 4.23. The molecule has 4 rings (SSSR count). The van der Waals surface area contributed by atoms with E-state index in [1.165, 1.54) is 12.0 Å². The highest BCUT2D eigenvalue weighted by molar-refractivity contribution is 5.79. The van der Waals surface area contributed by atoms with Gasteiger partial charge in [0.25, 0.3) is 0 Å². The minimum absolute atomic E-state index is 0.166. The number of rotatable bonds is 8. The van der Waals surface area contributed by atoms with Crippen molar-refractivity contribution in [3.8, 4) is 5.75 Å². The van der Waals surface area contributed by atoms with Crippen LogP contribution in [-0.2, 0) is 17.9 Å². The molecule has 5 nitrogen and oxygen atoms in total. The van der Waals surface area contributed by atoms with Crippen molar-refractivity contribution in [1.82, 2.24) is 14.9 Å². The van der Waals surface area contributed by atoms with Crippen molar-refractivity contribution in [2.45, 2.75) is 58.5 Å². The minimum atomic E-state index is 0.166. The molecule has 1 heterocycles. The Balaban J connectivity index is 1.38. The maximum Gasteiger partial charge on any atom is 0.223 e. The molecule has 0 saturated heterocycles. The number of nitrogens with zero attached hydrogens (tertiary/aromatic N) is 2. The van der Waals surface area contributed by atoms with Crippen molar-refractivity contribution in [2.24, 2.45) is 5.92 Å². The molecular weight excluding hydrogens is 374 g/mol. The number of aryl methyl sites for hydroxylation is 2. The molecule has 0 unspecified atom stereocenters. The first-order valence-electron chi connectivity index (χ1n) is 11.1. The Bertz CT molecular complexity index is 972. The topological polar surface area (TPSA) is 56.1 Å². The van der Waals surface area contributed by atoms with Gasteiger partial charge in [0.05, 0.1) is 24.2 Å². The van der Waals surface area contributed by atoms with Gasteiger partial charge >= 0.3 is 0 Å². The fourth-order valence-corrected chi connectivity index (χ4v) is 4.23. The minimum Gasteiger partial charge on any atom is -0.494 e. The quantitative estimate of drug-likeness (QED) is 0.536. The summed E-state index contributed by atoms with van der Waals surface area (Å²) in [6, 6.07) is 16.3. The van der Waals surface area contributed by atoms with E-state index in [4.69, 9.17) is 9.72 Å². The lowest BCUT2D eigenvalue weighted by molar-refractivity contribution is -0.126. The predicted molar refractivity (Wildman–Crippen MR) is 119 cm³/mol. The van der Waals surface area contributed by atoms with Gasteiger partial charge in [-0.3, -0.25) is 4.79 Å². The predicted octanol–water partition coefficient (Wildman–Crippen LogP) is 5.01. The maximum atomic E-state index is 12.6. The maximum absolute atomic E-state index is 12.6. The third kappa shape index (κ3) is 5.02. The van der Waals surface area contributed by atoms with E-state index in [0.29, 0.717) is 13.2 Å². The van der Waals surface area contributed by atoms with Crippen LogP contribution in [-0.4, -0.2) is 22.1 Å². The molecule has 0 aliphatic heterocycles. The standard InChI is InChI=1S/C25H31N3O2/c1-19-12-14-21(15-13-19)30-17-7-16-28-23-11-6-5-10-22(23)27-24(28)18-26-25(29)20-8-3-2-4-9-20/h5-6,10-15,20H,2-4,7-9,16-18H2,1H3,(H,26,29). The van der Waals surface area contributed by atoms with Crippen LogP contribution in [0.15, 0.2) is 48.5 Å². The first-order valence-corrected chi connectivity index (χ1v) is 11.1. The number of fused-ring (bicyclic) bond motifs is 1. The monoisotopic (exact) mass is 405 g/mol. The Kier molecular flexibility index (Phi) is 6.67. The molecule has 0 bridgehead atoms. The van der Waals surface area contributed by atoms with Crippen LogP contribution in [0, 0.1) is 12.8 Å². The zero-order valence-corrected chi connectivity index (χ0v) is 17.8. The van der Waals surface area contributed by atoms with E-state index in [9.17, 15) is 4.79 Å². The highest BCUT2D eigenvalue weighted by atomic mass is 16.5. The first-order chi connectivity index (χ1) is 14.7. The Morgan fingerprint density at radius 3 is 2.67 bits per heavy atom. The lowest BCUT2D eigenvalue weighted by atomic mass is 9.89. The number of carbonyl (C=O) groups is 1. The number of para-hydroxylation sites is 2. The van der Waals surface area contributed by atoms with Gasteiger partial charge in [-0.15, -0.1) is 0 Å². The van der Waals surface area contributed by atoms with Crippen molar-refractivity contribution in [1.29, 1.82) is 0 Å². The molecule has 3 aromatic rings. The lowest BCUT2D eigenvalue weighted by Crippen LogP contribution is -2.32. The largest absolute Gasteiger partial charge is 0.494 e. The molecule has 1 N–H and O–H groups in total. The molecule has 158 valence electrons. The average Bonchev–Trinajstić information content (AvgIpc) is 3.14. The van der Waals surface area contributed by atoms with Crippen LogP contribution in [0.4, 0.5) is 0 Å². The van der Waals surface area contributed by atoms with E-state index in [0.717, 1.165) is 61.3 Å². The smallest absolute Gasteiger partial charge is 0.223 e. The molecule has 1 fully saturated rings. The van der Waals surface area contributed by atoms with Gasteiger partial charge in [-0.05, 0) is 50.5 Å². The molecule has 1 amide bonds. The summed E-state index contributed by atoms with van der Waals surface area (Å²) >= 11 is 0. The van der Waals surface area contributed by atoms with Crippen LogP contribution < -0.4 is 10.1 Å². The zero-order valence-electron chi connectivity index (χ0n) is 17.8. The molecule has 1 aliphatic carbocycles. The molecule has 2 aromatic carbocycles. The second kappa shape index (κ2) is 9.79. The lowest BCUT2D eigenvalue weighted by Gasteiger charge is -2.20. The number of imidazole rings is 1. The number of hydrogen-bond acceptors (Lipinski definition) is 3. The molecule has 1 aromatic heterocycles. The number of ether oxygens (including phenoxy) is 1. The van der Waals surface area contributed by atoms with Gasteiger partial charge in [-0.25, -0.2) is 4.98 Å². The summed E-state index contributed by atoms with van der Waals surface area (Å²) in [5.41, 5.74) is 3.31. The van der Waals surface area contributed by atoms with E-state index in [-0.39, 0.29) is 11.8 Å². The van der Waals surface area contributed by atoms with Crippen molar-refractivity contribution in [3.63, 3.8) is 0 Å². The number of benzene rings is 2. The number of amides is 1. The highest BCUT2D eigenvalue weighted by Gasteiger charge is 2.21. The Labute approximate surface area is 178 Å². The van der Waals surface area contributed by atoms with E-state index in [1.807, 2.05) is 30.3 Å². The van der Waals surface area contributed by atoms with Gasteiger partial charge < -0.3 is 14.6 Å². The van der Waals surface area contributed by atoms with Crippen LogP contribution in [0.2, 0.25) is 0 Å². The van der Waals surface area contributed by atoms with Gasteiger partial charge in [0.15, 0.2) is 0 Å². The van der Waals surface area contributed by atoms with E-state index < -0.39 is 0 Å². The van der Waals surface area contributed by atoms with Crippen molar-refractivity contribution in [3.05, 3.63) is 59.9 Å². The first kappa shape index (κ1) is 20.5. The van der Waals surface area contributed by atoms with Crippen LogP contribution in [0.5, 0.6) is 5.75 Å². The second-order valence-electron chi connectivity index (χ2n) is 8.24. The van der Waals surface area contributed by atoms with Crippen LogP contribution in [0.3, 0.4) is 0 Å². The fraction of sp³-hybridized carbons (Fsp3) is 0.440. The van der Waals surface area contributed by atoms with E-state index in [1.54, 1.807) is 0 Å². The molecule has 0 spiro atoms. The Morgan fingerprint density at radius 2 is 1.87 bits per heavy atom. The summed E-state index contributed by atoms with van der Waals surface area (Å²) in [6.45, 7) is 4.00. The highest BCUT2D eigenvalue weighted by Crippen LogP contribution is 2.24. The van der Waals surface area contributed by atoms with Crippen molar-refractivity contribution >= 4 is 16.9 Å². The van der Waals surface area contributed by atoms with Gasteiger partial charge in [0, 0.05) is 12.5 Å². The molecule has 1 saturated carbocycles. The van der Waals surface area contributed by atoms with E-state index in [2.05, 4.69) is 35.0 Å². The number of carbonyl (C=O) groups excluding carboxylic acids is 1. The third-order valence-corrected chi connectivity index (χ3v) is 5.95. The second-order valence-corrected chi connectivity index (χ2v) is 8.24. The summed E-state index contributed by atoms with van der Waals surface area (Å²) in [5.74, 6) is 2.15. The summed E-state index contributed by atoms with van der Waals surface area (Å²) in [7, 11) is 0. The summed E-state index contributed by atoms with van der Waals surface area (Å²) < 4.78 is 8.10. The van der Waals surface area contributed by atoms with Crippen LogP contribution in [0.25, 0.3) is 11.0 Å². The van der Waals surface area contributed by atoms with Crippen LogP contribution in [0.1, 0.15) is 49.9 Å². The van der Waals surface area contributed by atoms with Crippen molar-refractivity contribution < 1.29 is 9.53 Å². The molecular formula is C25H31N3O2. The summed E-state index contributed by atoms with van der Waals surface area (Å²) in [5, 5.41) is 3.14. The summed E-state index contributed by atoms with van der Waals surface area (Å²) in [4.78, 5) is 17.4.